The quantitative estimate of drug-likeness (QED) is 0.658. The van der Waals surface area contributed by atoms with E-state index in [1.54, 1.807) is 11.3 Å². The minimum absolute atomic E-state index is 0.00372. The molecule has 1 aliphatic rings. The minimum Gasteiger partial charge on any atom is -0.444 e. The zero-order valence-corrected chi connectivity index (χ0v) is 18.0. The molecule has 6 nitrogen and oxygen atoms in total. The summed E-state index contributed by atoms with van der Waals surface area (Å²) in [5.41, 5.74) is -0.517. The van der Waals surface area contributed by atoms with Gasteiger partial charge in [0, 0.05) is 35.5 Å². The van der Waals surface area contributed by atoms with Gasteiger partial charge in [-0.2, -0.15) is 0 Å². The maximum atomic E-state index is 12.4. The average Bonchev–Trinajstić information content (AvgIpc) is 2.95. The van der Waals surface area contributed by atoms with Crippen LogP contribution in [-0.4, -0.2) is 48.7 Å². The average molecular weight is 446 g/mol. The predicted molar refractivity (Wildman–Crippen MR) is 107 cm³/mol. The summed E-state index contributed by atoms with van der Waals surface area (Å²) in [6, 6.07) is 2.06. The number of halogens is 1. The number of likely N-dealkylation sites (tertiary alicyclic amines) is 1. The third-order valence-electron chi connectivity index (χ3n) is 4.03. The lowest BCUT2D eigenvalue weighted by Gasteiger charge is -2.31. The molecular weight excluding hydrogens is 418 g/mol. The molecule has 0 radical (unpaired) electrons. The molecule has 1 fully saturated rings. The molecule has 2 N–H and O–H groups in total. The number of carbonyl (C=O) groups is 2. The maximum Gasteiger partial charge on any atom is 0.407 e. The standard InChI is InChI=1S/C18H28BrN3O3S/c1-18(2,3)25-17(24)21-8-7-20-16(23)13-5-4-9-22(11-13)12-15-14(19)6-10-26-15/h6,10,13H,4-5,7-9,11-12H2,1-3H3,(H,20,23)(H,21,24). The highest BCUT2D eigenvalue weighted by atomic mass is 79.9. The zero-order valence-electron chi connectivity index (χ0n) is 15.6. The van der Waals surface area contributed by atoms with Gasteiger partial charge in [-0.3, -0.25) is 9.69 Å². The van der Waals surface area contributed by atoms with Gasteiger partial charge >= 0.3 is 6.09 Å². The van der Waals surface area contributed by atoms with Crippen molar-refractivity contribution in [1.82, 2.24) is 15.5 Å². The largest absolute Gasteiger partial charge is 0.444 e. The van der Waals surface area contributed by atoms with E-state index in [-0.39, 0.29) is 11.8 Å². The second-order valence-electron chi connectivity index (χ2n) is 7.49. The second kappa shape index (κ2) is 9.71. The number of rotatable bonds is 6. The van der Waals surface area contributed by atoms with Crippen LogP contribution in [-0.2, 0) is 16.1 Å². The summed E-state index contributed by atoms with van der Waals surface area (Å²) in [5, 5.41) is 7.65. The first kappa shape index (κ1) is 21.2. The molecule has 0 bridgehead atoms. The second-order valence-corrected chi connectivity index (χ2v) is 9.34. The number of amides is 2. The molecule has 1 unspecified atom stereocenters. The Bertz CT molecular complexity index is 615. The van der Waals surface area contributed by atoms with E-state index in [4.69, 9.17) is 4.74 Å². The van der Waals surface area contributed by atoms with E-state index in [9.17, 15) is 9.59 Å². The molecular formula is C18H28BrN3O3S. The van der Waals surface area contributed by atoms with Crippen molar-refractivity contribution in [2.24, 2.45) is 5.92 Å². The van der Waals surface area contributed by atoms with Crippen molar-refractivity contribution in [3.05, 3.63) is 20.8 Å². The van der Waals surface area contributed by atoms with Crippen LogP contribution in [0.25, 0.3) is 0 Å². The van der Waals surface area contributed by atoms with Gasteiger partial charge in [0.25, 0.3) is 0 Å². The molecule has 1 aromatic heterocycles. The van der Waals surface area contributed by atoms with E-state index in [0.717, 1.165) is 36.9 Å². The molecule has 0 spiro atoms. The van der Waals surface area contributed by atoms with Crippen LogP contribution >= 0.6 is 27.3 Å². The smallest absolute Gasteiger partial charge is 0.407 e. The van der Waals surface area contributed by atoms with Crippen LogP contribution in [0.4, 0.5) is 4.79 Å². The fourth-order valence-corrected chi connectivity index (χ4v) is 4.38. The number of piperidine rings is 1. The molecule has 26 heavy (non-hydrogen) atoms. The van der Waals surface area contributed by atoms with Crippen LogP contribution in [0.3, 0.4) is 0 Å². The Labute approximate surface area is 167 Å². The van der Waals surface area contributed by atoms with Gasteiger partial charge in [-0.05, 0) is 67.5 Å². The van der Waals surface area contributed by atoms with Gasteiger partial charge in [0.1, 0.15) is 5.60 Å². The first-order valence-corrected chi connectivity index (χ1v) is 10.6. The number of thiophene rings is 1. The van der Waals surface area contributed by atoms with Crippen molar-refractivity contribution < 1.29 is 14.3 Å². The number of nitrogens with one attached hydrogen (secondary N) is 2. The van der Waals surface area contributed by atoms with E-state index in [0.29, 0.717) is 13.1 Å². The summed E-state index contributed by atoms with van der Waals surface area (Å²) in [6.45, 7) is 8.89. The molecule has 0 aliphatic carbocycles. The summed E-state index contributed by atoms with van der Waals surface area (Å²) >= 11 is 5.30. The Morgan fingerprint density at radius 1 is 1.35 bits per heavy atom. The van der Waals surface area contributed by atoms with Crippen LogP contribution in [0.15, 0.2) is 15.9 Å². The Kier molecular flexibility index (Phi) is 7.91. The first-order chi connectivity index (χ1) is 12.2. The van der Waals surface area contributed by atoms with Crippen molar-refractivity contribution in [3.8, 4) is 0 Å². The van der Waals surface area contributed by atoms with Gasteiger partial charge in [-0.1, -0.05) is 0 Å². The molecule has 146 valence electrons. The van der Waals surface area contributed by atoms with Crippen molar-refractivity contribution in [1.29, 1.82) is 0 Å². The fraction of sp³-hybridized carbons (Fsp3) is 0.667. The van der Waals surface area contributed by atoms with Crippen LogP contribution < -0.4 is 10.6 Å². The maximum absolute atomic E-state index is 12.4. The topological polar surface area (TPSA) is 70.7 Å². The molecule has 0 aromatic carbocycles. The Morgan fingerprint density at radius 2 is 2.08 bits per heavy atom. The predicted octanol–water partition coefficient (Wildman–Crippen LogP) is 3.36. The number of ether oxygens (including phenoxy) is 1. The Balaban J connectivity index is 1.68. The third-order valence-corrected chi connectivity index (χ3v) is 5.94. The van der Waals surface area contributed by atoms with E-state index < -0.39 is 11.7 Å². The summed E-state index contributed by atoms with van der Waals surface area (Å²) in [5.74, 6) is 0.0648. The van der Waals surface area contributed by atoms with Gasteiger partial charge in [0.05, 0.1) is 5.92 Å². The molecule has 1 saturated heterocycles. The fourth-order valence-electron chi connectivity index (χ4n) is 2.86. The Morgan fingerprint density at radius 3 is 2.73 bits per heavy atom. The monoisotopic (exact) mass is 445 g/mol. The van der Waals surface area contributed by atoms with Crippen LogP contribution in [0.2, 0.25) is 0 Å². The van der Waals surface area contributed by atoms with E-state index in [1.807, 2.05) is 20.8 Å². The summed E-state index contributed by atoms with van der Waals surface area (Å²) < 4.78 is 6.30. The van der Waals surface area contributed by atoms with E-state index >= 15 is 0 Å². The van der Waals surface area contributed by atoms with Gasteiger partial charge in [0.15, 0.2) is 0 Å². The van der Waals surface area contributed by atoms with Crippen LogP contribution in [0.5, 0.6) is 0 Å². The SMILES string of the molecule is CC(C)(C)OC(=O)NCCNC(=O)C1CCCN(Cc2sccc2Br)C1. The van der Waals surface area contributed by atoms with Crippen LogP contribution in [0.1, 0.15) is 38.5 Å². The molecule has 1 atom stereocenters. The third kappa shape index (κ3) is 7.25. The Hall–Kier alpha value is -1.12. The molecule has 2 rings (SSSR count). The highest BCUT2D eigenvalue weighted by Gasteiger charge is 2.26. The lowest BCUT2D eigenvalue weighted by molar-refractivity contribution is -0.126. The van der Waals surface area contributed by atoms with E-state index in [1.165, 1.54) is 4.88 Å². The molecule has 2 heterocycles. The zero-order chi connectivity index (χ0) is 19.2. The normalized spacial score (nSPS) is 18.4. The molecule has 8 heteroatoms. The number of hydrogen-bond donors (Lipinski definition) is 2. The lowest BCUT2D eigenvalue weighted by atomic mass is 9.97. The highest BCUT2D eigenvalue weighted by molar-refractivity contribution is 9.10. The number of nitrogens with zero attached hydrogens (tertiary/aromatic N) is 1. The minimum atomic E-state index is -0.517. The lowest BCUT2D eigenvalue weighted by Crippen LogP contribution is -2.44. The number of hydrogen-bond acceptors (Lipinski definition) is 5. The van der Waals surface area contributed by atoms with Gasteiger partial charge in [-0.15, -0.1) is 11.3 Å². The van der Waals surface area contributed by atoms with Crippen molar-refractivity contribution in [2.45, 2.75) is 45.8 Å². The van der Waals surface area contributed by atoms with Crippen molar-refractivity contribution in [2.75, 3.05) is 26.2 Å². The number of alkyl carbamates (subject to hydrolysis) is 1. The molecule has 1 aliphatic heterocycles. The number of carbonyl (C=O) groups excluding carboxylic acids is 2. The van der Waals surface area contributed by atoms with Crippen molar-refractivity contribution >= 4 is 39.3 Å². The van der Waals surface area contributed by atoms with Crippen molar-refractivity contribution in [3.63, 3.8) is 0 Å². The van der Waals surface area contributed by atoms with Gasteiger partial charge < -0.3 is 15.4 Å². The van der Waals surface area contributed by atoms with Gasteiger partial charge in [-0.25, -0.2) is 4.79 Å². The van der Waals surface area contributed by atoms with Gasteiger partial charge in [0.2, 0.25) is 5.91 Å². The highest BCUT2D eigenvalue weighted by Crippen LogP contribution is 2.26. The van der Waals surface area contributed by atoms with E-state index in [2.05, 4.69) is 42.9 Å². The molecule has 1 aromatic rings. The molecule has 0 saturated carbocycles. The molecule has 2 amide bonds. The first-order valence-electron chi connectivity index (χ1n) is 8.93. The summed E-state index contributed by atoms with van der Waals surface area (Å²) in [6.07, 6.45) is 1.47. The van der Waals surface area contributed by atoms with Crippen LogP contribution in [0, 0.1) is 5.92 Å². The summed E-state index contributed by atoms with van der Waals surface area (Å²) in [7, 11) is 0. The summed E-state index contributed by atoms with van der Waals surface area (Å²) in [4.78, 5) is 27.6.